The van der Waals surface area contributed by atoms with E-state index in [2.05, 4.69) is 36.1 Å². The highest BCUT2D eigenvalue weighted by Crippen LogP contribution is 2.18. The van der Waals surface area contributed by atoms with Crippen LogP contribution in [0.15, 0.2) is 47.1 Å². The van der Waals surface area contributed by atoms with E-state index in [1.807, 2.05) is 17.0 Å². The van der Waals surface area contributed by atoms with Crippen molar-refractivity contribution in [3.05, 3.63) is 54.0 Å². The van der Waals surface area contributed by atoms with Crippen LogP contribution in [-0.2, 0) is 11.2 Å². The summed E-state index contributed by atoms with van der Waals surface area (Å²) in [5, 5.41) is 0. The molecule has 1 aromatic carbocycles. The SMILES string of the molecule is Cc1cccc(N2CCN(C(=O)Cc3ccco3)CC2)c1. The van der Waals surface area contributed by atoms with Crippen molar-refractivity contribution in [2.45, 2.75) is 13.3 Å². The fourth-order valence-electron chi connectivity index (χ4n) is 2.71. The van der Waals surface area contributed by atoms with Crippen LogP contribution in [0.3, 0.4) is 0 Å². The number of piperazine rings is 1. The van der Waals surface area contributed by atoms with Crippen LogP contribution < -0.4 is 4.90 Å². The number of carbonyl (C=O) groups excluding carboxylic acids is 1. The van der Waals surface area contributed by atoms with Gasteiger partial charge < -0.3 is 14.2 Å². The maximum atomic E-state index is 12.2. The largest absolute Gasteiger partial charge is 0.469 e. The second-order valence-electron chi connectivity index (χ2n) is 5.46. The first-order valence-corrected chi connectivity index (χ1v) is 7.34. The summed E-state index contributed by atoms with van der Waals surface area (Å²) in [6.45, 7) is 5.41. The number of nitrogens with zero attached hydrogens (tertiary/aromatic N) is 2. The highest BCUT2D eigenvalue weighted by atomic mass is 16.3. The average molecular weight is 284 g/mol. The minimum Gasteiger partial charge on any atom is -0.469 e. The molecule has 0 unspecified atom stereocenters. The zero-order chi connectivity index (χ0) is 14.7. The van der Waals surface area contributed by atoms with Gasteiger partial charge in [0.1, 0.15) is 5.76 Å². The smallest absolute Gasteiger partial charge is 0.230 e. The van der Waals surface area contributed by atoms with Gasteiger partial charge >= 0.3 is 0 Å². The van der Waals surface area contributed by atoms with Crippen LogP contribution in [0, 0.1) is 6.92 Å². The van der Waals surface area contributed by atoms with Crippen molar-refractivity contribution in [2.75, 3.05) is 31.1 Å². The monoisotopic (exact) mass is 284 g/mol. The molecule has 3 rings (SSSR count). The zero-order valence-electron chi connectivity index (χ0n) is 12.3. The molecule has 21 heavy (non-hydrogen) atoms. The Balaban J connectivity index is 1.56. The Morgan fingerprint density at radius 1 is 1.14 bits per heavy atom. The Morgan fingerprint density at radius 3 is 2.62 bits per heavy atom. The molecule has 0 aliphatic carbocycles. The Kier molecular flexibility index (Phi) is 3.95. The summed E-state index contributed by atoms with van der Waals surface area (Å²) < 4.78 is 5.24. The molecule has 2 heterocycles. The van der Waals surface area contributed by atoms with Crippen molar-refractivity contribution < 1.29 is 9.21 Å². The number of hydrogen-bond acceptors (Lipinski definition) is 3. The molecule has 2 aromatic rings. The number of rotatable bonds is 3. The van der Waals surface area contributed by atoms with Crippen LogP contribution in [-0.4, -0.2) is 37.0 Å². The fraction of sp³-hybridized carbons (Fsp3) is 0.353. The predicted octanol–water partition coefficient (Wildman–Crippen LogP) is 2.48. The molecule has 0 spiro atoms. The van der Waals surface area contributed by atoms with Crippen LogP contribution in [0.5, 0.6) is 0 Å². The maximum Gasteiger partial charge on any atom is 0.230 e. The highest BCUT2D eigenvalue weighted by molar-refractivity contribution is 5.78. The van der Waals surface area contributed by atoms with Gasteiger partial charge in [0.25, 0.3) is 0 Å². The topological polar surface area (TPSA) is 36.7 Å². The molecule has 1 aliphatic heterocycles. The van der Waals surface area contributed by atoms with Crippen molar-refractivity contribution in [1.82, 2.24) is 4.90 Å². The van der Waals surface area contributed by atoms with Gasteiger partial charge in [-0.05, 0) is 36.8 Å². The third-order valence-corrected chi connectivity index (χ3v) is 3.90. The summed E-state index contributed by atoms with van der Waals surface area (Å²) in [4.78, 5) is 16.5. The molecule has 0 atom stereocenters. The highest BCUT2D eigenvalue weighted by Gasteiger charge is 2.21. The van der Waals surface area contributed by atoms with E-state index in [1.54, 1.807) is 6.26 Å². The molecule has 0 saturated carbocycles. The number of amides is 1. The molecule has 1 aliphatic rings. The number of anilines is 1. The second kappa shape index (κ2) is 6.04. The van der Waals surface area contributed by atoms with E-state index >= 15 is 0 Å². The summed E-state index contributed by atoms with van der Waals surface area (Å²) in [7, 11) is 0. The van der Waals surface area contributed by atoms with Crippen LogP contribution in [0.4, 0.5) is 5.69 Å². The van der Waals surface area contributed by atoms with Gasteiger partial charge in [0, 0.05) is 31.9 Å². The van der Waals surface area contributed by atoms with Gasteiger partial charge in [0.15, 0.2) is 0 Å². The predicted molar refractivity (Wildman–Crippen MR) is 82.4 cm³/mol. The van der Waals surface area contributed by atoms with Gasteiger partial charge in [-0.2, -0.15) is 0 Å². The normalized spacial score (nSPS) is 15.3. The summed E-state index contributed by atoms with van der Waals surface area (Å²) in [5.74, 6) is 0.884. The van der Waals surface area contributed by atoms with E-state index in [-0.39, 0.29) is 5.91 Å². The summed E-state index contributed by atoms with van der Waals surface area (Å²) in [6.07, 6.45) is 1.97. The van der Waals surface area contributed by atoms with Gasteiger partial charge in [0.05, 0.1) is 12.7 Å². The molecular weight excluding hydrogens is 264 g/mol. The lowest BCUT2D eigenvalue weighted by molar-refractivity contribution is -0.131. The lowest BCUT2D eigenvalue weighted by atomic mass is 10.2. The van der Waals surface area contributed by atoms with E-state index in [9.17, 15) is 4.79 Å². The van der Waals surface area contributed by atoms with Crippen LogP contribution in [0.2, 0.25) is 0 Å². The third-order valence-electron chi connectivity index (χ3n) is 3.90. The maximum absolute atomic E-state index is 12.2. The summed E-state index contributed by atoms with van der Waals surface area (Å²) in [5.41, 5.74) is 2.51. The van der Waals surface area contributed by atoms with E-state index in [0.29, 0.717) is 6.42 Å². The van der Waals surface area contributed by atoms with Crippen molar-refractivity contribution in [2.24, 2.45) is 0 Å². The third kappa shape index (κ3) is 3.27. The quantitative estimate of drug-likeness (QED) is 0.869. The average Bonchev–Trinajstić information content (AvgIpc) is 3.00. The molecule has 0 radical (unpaired) electrons. The van der Waals surface area contributed by atoms with Gasteiger partial charge in [0.2, 0.25) is 5.91 Å². The number of hydrogen-bond donors (Lipinski definition) is 0. The fourth-order valence-corrected chi connectivity index (χ4v) is 2.71. The van der Waals surface area contributed by atoms with Gasteiger partial charge in [-0.25, -0.2) is 0 Å². The van der Waals surface area contributed by atoms with Crippen molar-refractivity contribution in [3.63, 3.8) is 0 Å². The Morgan fingerprint density at radius 2 is 1.95 bits per heavy atom. The van der Waals surface area contributed by atoms with Crippen molar-refractivity contribution >= 4 is 11.6 Å². The number of benzene rings is 1. The molecule has 4 nitrogen and oxygen atoms in total. The number of carbonyl (C=O) groups is 1. The van der Waals surface area contributed by atoms with Gasteiger partial charge in [-0.15, -0.1) is 0 Å². The Bertz CT molecular complexity index is 599. The van der Waals surface area contributed by atoms with E-state index in [4.69, 9.17) is 4.42 Å². The number of furan rings is 1. The van der Waals surface area contributed by atoms with Crippen LogP contribution in [0.1, 0.15) is 11.3 Å². The Hall–Kier alpha value is -2.23. The van der Waals surface area contributed by atoms with Gasteiger partial charge in [-0.1, -0.05) is 12.1 Å². The molecule has 0 bridgehead atoms. The lowest BCUT2D eigenvalue weighted by Crippen LogP contribution is -2.49. The first kappa shape index (κ1) is 13.7. The minimum atomic E-state index is 0.147. The van der Waals surface area contributed by atoms with Gasteiger partial charge in [-0.3, -0.25) is 4.79 Å². The first-order chi connectivity index (χ1) is 10.2. The van der Waals surface area contributed by atoms with Crippen LogP contribution in [0.25, 0.3) is 0 Å². The molecule has 0 N–H and O–H groups in total. The second-order valence-corrected chi connectivity index (χ2v) is 5.46. The summed E-state index contributed by atoms with van der Waals surface area (Å²) >= 11 is 0. The molecule has 1 amide bonds. The molecule has 1 fully saturated rings. The van der Waals surface area contributed by atoms with E-state index in [1.165, 1.54) is 11.3 Å². The van der Waals surface area contributed by atoms with Crippen LogP contribution >= 0.6 is 0 Å². The standard InChI is InChI=1S/C17H20N2O2/c1-14-4-2-5-15(12-14)18-7-9-19(10-8-18)17(20)13-16-6-3-11-21-16/h2-6,11-12H,7-10,13H2,1H3. The van der Waals surface area contributed by atoms with Crippen molar-refractivity contribution in [3.8, 4) is 0 Å². The van der Waals surface area contributed by atoms with Crippen molar-refractivity contribution in [1.29, 1.82) is 0 Å². The number of aryl methyl sites for hydroxylation is 1. The molecule has 110 valence electrons. The molecule has 1 saturated heterocycles. The lowest BCUT2D eigenvalue weighted by Gasteiger charge is -2.36. The molecular formula is C17H20N2O2. The molecule has 4 heteroatoms. The first-order valence-electron chi connectivity index (χ1n) is 7.34. The van der Waals surface area contributed by atoms with E-state index < -0.39 is 0 Å². The summed E-state index contributed by atoms with van der Waals surface area (Å²) in [6, 6.07) is 12.2. The Labute approximate surface area is 125 Å². The van der Waals surface area contributed by atoms with E-state index in [0.717, 1.165) is 31.9 Å². The zero-order valence-corrected chi connectivity index (χ0v) is 12.3. The molecule has 1 aromatic heterocycles. The minimum absolute atomic E-state index is 0.147.